The molecule has 2 heterocycles. The number of aryl methyl sites for hydroxylation is 1. The lowest BCUT2D eigenvalue weighted by Crippen LogP contribution is -2.12. The molecule has 1 amide bonds. The van der Waals surface area contributed by atoms with Crippen LogP contribution in [0.4, 0.5) is 5.69 Å². The lowest BCUT2D eigenvalue weighted by Gasteiger charge is -2.04. The van der Waals surface area contributed by atoms with Gasteiger partial charge in [-0.2, -0.15) is 5.10 Å². The second-order valence-corrected chi connectivity index (χ2v) is 6.07. The number of nitrogens with zero attached hydrogens (tertiary/aromatic N) is 3. The van der Waals surface area contributed by atoms with Crippen LogP contribution in [0.3, 0.4) is 0 Å². The lowest BCUT2D eigenvalue weighted by molar-refractivity contribution is -0.117. The Kier molecular flexibility index (Phi) is 3.65. The number of hydrogen-bond acceptors (Lipinski definition) is 4. The highest BCUT2D eigenvalue weighted by Crippen LogP contribution is 2.30. The summed E-state index contributed by atoms with van der Waals surface area (Å²) in [5.74, 6) is 1.67. The van der Waals surface area contributed by atoms with Crippen molar-refractivity contribution < 1.29 is 9.21 Å². The summed E-state index contributed by atoms with van der Waals surface area (Å²) in [6.45, 7) is 2.48. The number of aromatic nitrogens is 3. The van der Waals surface area contributed by atoms with E-state index < -0.39 is 0 Å². The van der Waals surface area contributed by atoms with Crippen LogP contribution in [0.15, 0.2) is 47.1 Å². The van der Waals surface area contributed by atoms with Crippen LogP contribution >= 0.6 is 0 Å². The molecule has 24 heavy (non-hydrogen) atoms. The Morgan fingerprint density at radius 3 is 2.79 bits per heavy atom. The van der Waals surface area contributed by atoms with Crippen molar-refractivity contribution >= 4 is 11.6 Å². The van der Waals surface area contributed by atoms with E-state index >= 15 is 0 Å². The van der Waals surface area contributed by atoms with E-state index in [9.17, 15) is 4.79 Å². The Balaban J connectivity index is 1.50. The zero-order chi connectivity index (χ0) is 16.5. The highest BCUT2D eigenvalue weighted by molar-refractivity contribution is 5.94. The van der Waals surface area contributed by atoms with Gasteiger partial charge in [-0.3, -0.25) is 9.48 Å². The van der Waals surface area contributed by atoms with E-state index in [0.717, 1.165) is 35.5 Å². The number of carbonyl (C=O) groups excluding carboxylic acids is 1. The predicted octanol–water partition coefficient (Wildman–Crippen LogP) is 3.24. The molecule has 1 aliphatic rings. The van der Waals surface area contributed by atoms with E-state index in [4.69, 9.17) is 4.42 Å². The molecule has 0 spiro atoms. The SMILES string of the molecule is Cc1oc(-c2ccc(NC(=O)C3CC3)cc2)nc1Cn1cccn1. The van der Waals surface area contributed by atoms with Gasteiger partial charge in [0.1, 0.15) is 11.5 Å². The van der Waals surface area contributed by atoms with E-state index in [-0.39, 0.29) is 11.8 Å². The van der Waals surface area contributed by atoms with Gasteiger partial charge in [-0.1, -0.05) is 0 Å². The largest absolute Gasteiger partial charge is 0.441 e. The molecule has 1 fully saturated rings. The normalized spacial score (nSPS) is 13.9. The molecule has 1 N–H and O–H groups in total. The first-order chi connectivity index (χ1) is 11.7. The lowest BCUT2D eigenvalue weighted by atomic mass is 10.2. The summed E-state index contributed by atoms with van der Waals surface area (Å²) in [7, 11) is 0. The number of amides is 1. The molecule has 1 aliphatic carbocycles. The van der Waals surface area contributed by atoms with E-state index in [2.05, 4.69) is 15.4 Å². The van der Waals surface area contributed by atoms with Gasteiger partial charge < -0.3 is 9.73 Å². The van der Waals surface area contributed by atoms with Gasteiger partial charge in [0.2, 0.25) is 11.8 Å². The second kappa shape index (κ2) is 5.96. The number of anilines is 1. The van der Waals surface area contributed by atoms with Crippen molar-refractivity contribution in [1.29, 1.82) is 0 Å². The molecule has 6 nitrogen and oxygen atoms in total. The zero-order valence-electron chi connectivity index (χ0n) is 13.4. The molecule has 0 bridgehead atoms. The van der Waals surface area contributed by atoms with Crippen LogP contribution in [0.2, 0.25) is 0 Å². The minimum absolute atomic E-state index is 0.108. The van der Waals surface area contributed by atoms with Crippen molar-refractivity contribution in [3.63, 3.8) is 0 Å². The van der Waals surface area contributed by atoms with Crippen molar-refractivity contribution in [2.45, 2.75) is 26.3 Å². The summed E-state index contributed by atoms with van der Waals surface area (Å²) >= 11 is 0. The molecule has 0 radical (unpaired) electrons. The van der Waals surface area contributed by atoms with Crippen LogP contribution in [-0.2, 0) is 11.3 Å². The summed E-state index contributed by atoms with van der Waals surface area (Å²) in [6.07, 6.45) is 5.63. The first-order valence-corrected chi connectivity index (χ1v) is 8.04. The molecule has 4 rings (SSSR count). The average molecular weight is 322 g/mol. The topological polar surface area (TPSA) is 73.0 Å². The van der Waals surface area contributed by atoms with Gasteiger partial charge >= 0.3 is 0 Å². The second-order valence-electron chi connectivity index (χ2n) is 6.07. The van der Waals surface area contributed by atoms with Gasteiger partial charge in [0.15, 0.2) is 0 Å². The maximum Gasteiger partial charge on any atom is 0.227 e. The molecular formula is C18H18N4O2. The van der Waals surface area contributed by atoms with Crippen molar-refractivity contribution in [3.8, 4) is 11.5 Å². The molecule has 3 aromatic rings. The van der Waals surface area contributed by atoms with Gasteiger partial charge in [-0.25, -0.2) is 4.98 Å². The average Bonchev–Trinajstić information content (AvgIpc) is 3.21. The monoisotopic (exact) mass is 322 g/mol. The molecular weight excluding hydrogens is 304 g/mol. The number of benzene rings is 1. The minimum Gasteiger partial charge on any atom is -0.441 e. The van der Waals surface area contributed by atoms with Gasteiger partial charge in [0, 0.05) is 29.6 Å². The van der Waals surface area contributed by atoms with Crippen LogP contribution in [0.5, 0.6) is 0 Å². The summed E-state index contributed by atoms with van der Waals surface area (Å²) in [4.78, 5) is 16.3. The summed E-state index contributed by atoms with van der Waals surface area (Å²) < 4.78 is 7.59. The number of hydrogen-bond donors (Lipinski definition) is 1. The van der Waals surface area contributed by atoms with Crippen molar-refractivity contribution in [2.24, 2.45) is 5.92 Å². The number of nitrogens with one attached hydrogen (secondary N) is 1. The van der Waals surface area contributed by atoms with Gasteiger partial charge in [0.05, 0.1) is 6.54 Å². The molecule has 0 unspecified atom stereocenters. The molecule has 6 heteroatoms. The van der Waals surface area contributed by atoms with Gasteiger partial charge in [-0.15, -0.1) is 0 Å². The Hall–Kier alpha value is -2.89. The van der Waals surface area contributed by atoms with Crippen LogP contribution in [0, 0.1) is 12.8 Å². The van der Waals surface area contributed by atoms with Gasteiger partial charge in [-0.05, 0) is 50.1 Å². The Morgan fingerprint density at radius 2 is 2.12 bits per heavy atom. The van der Waals surface area contributed by atoms with Crippen molar-refractivity contribution in [1.82, 2.24) is 14.8 Å². The molecule has 1 aromatic carbocycles. The van der Waals surface area contributed by atoms with Crippen molar-refractivity contribution in [2.75, 3.05) is 5.32 Å². The maximum absolute atomic E-state index is 11.8. The third-order valence-electron chi connectivity index (χ3n) is 4.11. The van der Waals surface area contributed by atoms with Gasteiger partial charge in [0.25, 0.3) is 0 Å². The minimum atomic E-state index is 0.108. The number of carbonyl (C=O) groups is 1. The maximum atomic E-state index is 11.8. The standard InChI is InChI=1S/C18H18N4O2/c1-12-16(11-22-10-2-9-19-22)21-18(24-12)14-5-7-15(8-6-14)20-17(23)13-3-4-13/h2,5-10,13H,3-4,11H2,1H3,(H,20,23). The predicted molar refractivity (Wildman–Crippen MR) is 89.4 cm³/mol. The van der Waals surface area contributed by atoms with Crippen molar-refractivity contribution in [3.05, 3.63) is 54.2 Å². The van der Waals surface area contributed by atoms with E-state index in [0.29, 0.717) is 12.4 Å². The van der Waals surface area contributed by atoms with Crippen LogP contribution in [0.1, 0.15) is 24.3 Å². The highest BCUT2D eigenvalue weighted by Gasteiger charge is 2.29. The smallest absolute Gasteiger partial charge is 0.227 e. The van der Waals surface area contributed by atoms with E-state index in [1.807, 2.05) is 48.1 Å². The third kappa shape index (κ3) is 3.08. The first-order valence-electron chi connectivity index (χ1n) is 8.04. The van der Waals surface area contributed by atoms with Crippen LogP contribution < -0.4 is 5.32 Å². The fourth-order valence-electron chi connectivity index (χ4n) is 2.53. The van der Waals surface area contributed by atoms with Crippen LogP contribution in [-0.4, -0.2) is 20.7 Å². The Morgan fingerprint density at radius 1 is 1.33 bits per heavy atom. The fourth-order valence-corrected chi connectivity index (χ4v) is 2.53. The fraction of sp³-hybridized carbons (Fsp3) is 0.278. The first kappa shape index (κ1) is 14.7. The summed E-state index contributed by atoms with van der Waals surface area (Å²) in [6, 6.07) is 9.45. The van der Waals surface area contributed by atoms with E-state index in [1.165, 1.54) is 0 Å². The molecule has 122 valence electrons. The molecule has 2 aromatic heterocycles. The Bertz CT molecular complexity index is 846. The highest BCUT2D eigenvalue weighted by atomic mass is 16.4. The third-order valence-corrected chi connectivity index (χ3v) is 4.11. The number of oxazole rings is 1. The quantitative estimate of drug-likeness (QED) is 0.782. The summed E-state index contributed by atoms with van der Waals surface area (Å²) in [5.41, 5.74) is 2.55. The molecule has 0 saturated heterocycles. The van der Waals surface area contributed by atoms with E-state index in [1.54, 1.807) is 6.20 Å². The molecule has 0 aliphatic heterocycles. The number of rotatable bonds is 5. The zero-order valence-corrected chi connectivity index (χ0v) is 13.4. The Labute approximate surface area is 139 Å². The van der Waals surface area contributed by atoms with Crippen LogP contribution in [0.25, 0.3) is 11.5 Å². The molecule has 1 saturated carbocycles. The summed E-state index contributed by atoms with van der Waals surface area (Å²) in [5, 5.41) is 7.12. The molecule has 0 atom stereocenters.